The third kappa shape index (κ3) is 3.98. The van der Waals surface area contributed by atoms with Crippen LogP contribution in [0, 0.1) is 6.92 Å². The summed E-state index contributed by atoms with van der Waals surface area (Å²) in [5.74, 6) is 0.904. The Labute approximate surface area is 109 Å². The fourth-order valence-electron chi connectivity index (χ4n) is 1.82. The number of hydrogen-bond donors (Lipinski definition) is 1. The number of hydrogen-bond acceptors (Lipinski definition) is 4. The van der Waals surface area contributed by atoms with Crippen LogP contribution in [0.1, 0.15) is 24.1 Å². The minimum Gasteiger partial charge on any atom is -0.496 e. The van der Waals surface area contributed by atoms with Gasteiger partial charge in [0.15, 0.2) is 6.29 Å². The first-order valence-corrected chi connectivity index (χ1v) is 6.05. The van der Waals surface area contributed by atoms with Crippen LogP contribution in [0.3, 0.4) is 0 Å². The van der Waals surface area contributed by atoms with Gasteiger partial charge in [-0.1, -0.05) is 12.1 Å². The lowest BCUT2D eigenvalue weighted by Gasteiger charge is -2.20. The fourth-order valence-corrected chi connectivity index (χ4v) is 1.82. The molecule has 4 nitrogen and oxygen atoms in total. The van der Waals surface area contributed by atoms with Crippen molar-refractivity contribution in [3.63, 3.8) is 0 Å². The quantitative estimate of drug-likeness (QED) is 0.757. The van der Waals surface area contributed by atoms with Gasteiger partial charge in [0.1, 0.15) is 5.75 Å². The molecule has 1 aromatic rings. The van der Waals surface area contributed by atoms with Crippen LogP contribution in [-0.2, 0) is 9.47 Å². The number of nitrogens with one attached hydrogen (secondary N) is 1. The van der Waals surface area contributed by atoms with Crippen LogP contribution in [-0.4, -0.2) is 34.2 Å². The number of methoxy groups -OCH3 is 3. The first-order valence-electron chi connectivity index (χ1n) is 6.05. The second-order valence-corrected chi connectivity index (χ2v) is 4.28. The van der Waals surface area contributed by atoms with Crippen molar-refractivity contribution in [2.75, 3.05) is 27.9 Å². The molecule has 0 saturated heterocycles. The Morgan fingerprint density at radius 1 is 1.17 bits per heavy atom. The van der Waals surface area contributed by atoms with Gasteiger partial charge in [-0.05, 0) is 25.5 Å². The van der Waals surface area contributed by atoms with Gasteiger partial charge in [-0.3, -0.25) is 0 Å². The third-order valence-electron chi connectivity index (χ3n) is 2.97. The Morgan fingerprint density at radius 3 is 2.39 bits per heavy atom. The average Bonchev–Trinajstić information content (AvgIpc) is 2.39. The van der Waals surface area contributed by atoms with Crippen molar-refractivity contribution in [2.24, 2.45) is 0 Å². The molecule has 0 amide bonds. The van der Waals surface area contributed by atoms with Gasteiger partial charge in [0, 0.05) is 32.4 Å². The Balaban J connectivity index is 2.68. The van der Waals surface area contributed by atoms with Crippen molar-refractivity contribution in [3.8, 4) is 5.75 Å². The predicted octanol–water partition coefficient (Wildman–Crippen LogP) is 2.27. The van der Waals surface area contributed by atoms with E-state index in [4.69, 9.17) is 14.2 Å². The molecule has 0 aliphatic rings. The fraction of sp³-hybridized carbons (Fsp3) is 0.571. The van der Waals surface area contributed by atoms with E-state index < -0.39 is 0 Å². The predicted molar refractivity (Wildman–Crippen MR) is 72.0 cm³/mol. The molecular formula is C14H23NO3. The van der Waals surface area contributed by atoms with Crippen LogP contribution in [0.15, 0.2) is 18.2 Å². The average molecular weight is 253 g/mol. The van der Waals surface area contributed by atoms with Crippen molar-refractivity contribution in [1.82, 2.24) is 5.32 Å². The van der Waals surface area contributed by atoms with Crippen LogP contribution in [0.5, 0.6) is 5.75 Å². The van der Waals surface area contributed by atoms with Crippen LogP contribution in [0.4, 0.5) is 0 Å². The van der Waals surface area contributed by atoms with Gasteiger partial charge in [-0.2, -0.15) is 0 Å². The van der Waals surface area contributed by atoms with Gasteiger partial charge in [0.05, 0.1) is 7.11 Å². The standard InChI is InChI=1S/C14H23NO3/c1-10-6-7-12(13(8-10)16-3)11(2)15-9-14(17-4)18-5/h6-8,11,14-15H,9H2,1-5H3. The maximum atomic E-state index is 5.40. The van der Waals surface area contributed by atoms with Crippen molar-refractivity contribution < 1.29 is 14.2 Å². The monoisotopic (exact) mass is 253 g/mol. The van der Waals surface area contributed by atoms with Crippen LogP contribution < -0.4 is 10.1 Å². The first kappa shape index (κ1) is 15.0. The molecule has 4 heteroatoms. The second-order valence-electron chi connectivity index (χ2n) is 4.28. The molecule has 0 saturated carbocycles. The molecule has 0 fully saturated rings. The lowest BCUT2D eigenvalue weighted by molar-refractivity contribution is -0.0997. The van der Waals surface area contributed by atoms with Crippen LogP contribution in [0.2, 0.25) is 0 Å². The molecule has 1 atom stereocenters. The normalized spacial score (nSPS) is 12.8. The second kappa shape index (κ2) is 7.36. The zero-order chi connectivity index (χ0) is 13.5. The Bertz CT molecular complexity index is 364. The summed E-state index contributed by atoms with van der Waals surface area (Å²) in [7, 11) is 4.96. The van der Waals surface area contributed by atoms with Gasteiger partial charge >= 0.3 is 0 Å². The van der Waals surface area contributed by atoms with Crippen molar-refractivity contribution in [3.05, 3.63) is 29.3 Å². The summed E-state index contributed by atoms with van der Waals surface area (Å²) in [6, 6.07) is 6.38. The van der Waals surface area contributed by atoms with E-state index in [1.807, 2.05) is 6.07 Å². The maximum Gasteiger partial charge on any atom is 0.169 e. The van der Waals surface area contributed by atoms with E-state index in [0.717, 1.165) is 11.3 Å². The summed E-state index contributed by atoms with van der Waals surface area (Å²) in [6.45, 7) is 4.77. The van der Waals surface area contributed by atoms with E-state index in [2.05, 4.69) is 31.3 Å². The van der Waals surface area contributed by atoms with Gasteiger partial charge in [0.2, 0.25) is 0 Å². The first-order chi connectivity index (χ1) is 8.62. The molecule has 0 aliphatic carbocycles. The van der Waals surface area contributed by atoms with Gasteiger partial charge in [-0.25, -0.2) is 0 Å². The van der Waals surface area contributed by atoms with Crippen LogP contribution in [0.25, 0.3) is 0 Å². The van der Waals surface area contributed by atoms with Crippen molar-refractivity contribution in [2.45, 2.75) is 26.2 Å². The maximum absolute atomic E-state index is 5.40. The molecule has 102 valence electrons. The highest BCUT2D eigenvalue weighted by Gasteiger charge is 2.13. The summed E-state index contributed by atoms with van der Waals surface area (Å²) in [4.78, 5) is 0. The number of rotatable bonds is 7. The van der Waals surface area contributed by atoms with E-state index >= 15 is 0 Å². The zero-order valence-electron chi connectivity index (χ0n) is 11.8. The number of ether oxygens (including phenoxy) is 3. The molecule has 1 rings (SSSR count). The highest BCUT2D eigenvalue weighted by atomic mass is 16.7. The molecule has 0 aliphatic heterocycles. The molecule has 18 heavy (non-hydrogen) atoms. The molecule has 0 aromatic heterocycles. The molecule has 1 unspecified atom stereocenters. The summed E-state index contributed by atoms with van der Waals surface area (Å²) in [5, 5.41) is 3.37. The van der Waals surface area contributed by atoms with Gasteiger partial charge in [0.25, 0.3) is 0 Å². The molecule has 1 N–H and O–H groups in total. The summed E-state index contributed by atoms with van der Waals surface area (Å²) >= 11 is 0. The van der Waals surface area contributed by atoms with E-state index in [1.54, 1.807) is 21.3 Å². The lowest BCUT2D eigenvalue weighted by Crippen LogP contribution is -2.31. The largest absolute Gasteiger partial charge is 0.496 e. The van der Waals surface area contributed by atoms with E-state index in [0.29, 0.717) is 6.54 Å². The third-order valence-corrected chi connectivity index (χ3v) is 2.97. The molecular weight excluding hydrogens is 230 g/mol. The Morgan fingerprint density at radius 2 is 1.83 bits per heavy atom. The van der Waals surface area contributed by atoms with Gasteiger partial charge in [-0.15, -0.1) is 0 Å². The lowest BCUT2D eigenvalue weighted by atomic mass is 10.0. The highest BCUT2D eigenvalue weighted by Crippen LogP contribution is 2.25. The smallest absolute Gasteiger partial charge is 0.169 e. The summed E-state index contributed by atoms with van der Waals surface area (Å²) in [5.41, 5.74) is 2.32. The Hall–Kier alpha value is -1.10. The van der Waals surface area contributed by atoms with Crippen molar-refractivity contribution in [1.29, 1.82) is 0 Å². The summed E-state index contributed by atoms with van der Waals surface area (Å²) < 4.78 is 15.7. The Kier molecular flexibility index (Phi) is 6.12. The van der Waals surface area contributed by atoms with Gasteiger partial charge < -0.3 is 19.5 Å². The molecule has 0 heterocycles. The van der Waals surface area contributed by atoms with Crippen molar-refractivity contribution >= 4 is 0 Å². The van der Waals surface area contributed by atoms with E-state index in [1.165, 1.54) is 5.56 Å². The number of aryl methyl sites for hydroxylation is 1. The molecule has 0 bridgehead atoms. The van der Waals surface area contributed by atoms with Crippen LogP contribution >= 0.6 is 0 Å². The topological polar surface area (TPSA) is 39.7 Å². The minimum absolute atomic E-state index is 0.174. The van der Waals surface area contributed by atoms with E-state index in [9.17, 15) is 0 Å². The zero-order valence-corrected chi connectivity index (χ0v) is 11.8. The minimum atomic E-state index is -0.233. The highest BCUT2D eigenvalue weighted by molar-refractivity contribution is 5.38. The number of benzene rings is 1. The molecule has 1 aromatic carbocycles. The molecule has 0 radical (unpaired) electrons. The molecule has 0 spiro atoms. The van der Waals surface area contributed by atoms with E-state index in [-0.39, 0.29) is 12.3 Å². The SMILES string of the molecule is COc1cc(C)ccc1C(C)NCC(OC)OC. The summed E-state index contributed by atoms with van der Waals surface area (Å²) in [6.07, 6.45) is -0.233.